The molecule has 2 aromatic rings. The van der Waals surface area contributed by atoms with Crippen LogP contribution in [0, 0.1) is 12.3 Å². The van der Waals surface area contributed by atoms with Gasteiger partial charge < -0.3 is 14.1 Å². The second-order valence-corrected chi connectivity index (χ2v) is 7.11. The first-order valence-electron chi connectivity index (χ1n) is 8.40. The van der Waals surface area contributed by atoms with Crippen molar-refractivity contribution < 1.29 is 35.5 Å². The average Bonchev–Trinajstić information content (AvgIpc) is 3.29. The van der Waals surface area contributed by atoms with Gasteiger partial charge in [-0.25, -0.2) is 4.99 Å². The van der Waals surface area contributed by atoms with Gasteiger partial charge in [0.2, 0.25) is 0 Å². The van der Waals surface area contributed by atoms with Gasteiger partial charge >= 0.3 is 12.4 Å². The van der Waals surface area contributed by atoms with Gasteiger partial charge in [-0.05, 0) is 36.4 Å². The van der Waals surface area contributed by atoms with Crippen LogP contribution in [-0.2, 0) is 17.5 Å². The lowest BCUT2D eigenvalue weighted by Gasteiger charge is -2.38. The van der Waals surface area contributed by atoms with Crippen LogP contribution in [-0.4, -0.2) is 34.3 Å². The van der Waals surface area contributed by atoms with Crippen molar-refractivity contribution >= 4 is 22.6 Å². The summed E-state index contributed by atoms with van der Waals surface area (Å²) < 4.78 is 90.6. The fraction of sp³-hybridized carbons (Fsp3) is 0.316. The summed E-state index contributed by atoms with van der Waals surface area (Å²) in [6, 6.07) is 6.78. The highest BCUT2D eigenvalue weighted by molar-refractivity contribution is 8.14. The second-order valence-electron chi connectivity index (χ2n) is 6.17. The number of aliphatic imine (C=N–C) groups is 1. The number of halogens is 6. The summed E-state index contributed by atoms with van der Waals surface area (Å²) in [6.45, 7) is -0.925. The first-order chi connectivity index (χ1) is 14.1. The number of furan rings is 1. The molecule has 1 aliphatic heterocycles. The molecule has 0 aliphatic carbocycles. The summed E-state index contributed by atoms with van der Waals surface area (Å²) in [5.41, 5.74) is -3.59. The third-order valence-corrected chi connectivity index (χ3v) is 5.32. The SMILES string of the molecule is C#CCOC1(C(F)(F)F)CSC(=Nc2ccc(C(F)(F)F)cc2)N1Cc1ccco1. The van der Waals surface area contributed by atoms with E-state index in [1.165, 1.54) is 18.4 Å². The zero-order valence-electron chi connectivity index (χ0n) is 15.1. The van der Waals surface area contributed by atoms with Crippen molar-refractivity contribution in [1.29, 1.82) is 0 Å². The van der Waals surface area contributed by atoms with E-state index in [0.717, 1.165) is 40.9 Å². The molecule has 0 N–H and O–H groups in total. The number of ether oxygens (including phenoxy) is 1. The molecule has 1 aromatic carbocycles. The van der Waals surface area contributed by atoms with Gasteiger partial charge in [-0.3, -0.25) is 0 Å². The number of benzene rings is 1. The second kappa shape index (κ2) is 8.28. The van der Waals surface area contributed by atoms with E-state index < -0.39 is 36.0 Å². The van der Waals surface area contributed by atoms with E-state index in [0.29, 0.717) is 0 Å². The van der Waals surface area contributed by atoms with Crippen LogP contribution in [0.3, 0.4) is 0 Å². The van der Waals surface area contributed by atoms with E-state index in [9.17, 15) is 26.3 Å². The Morgan fingerprint density at radius 1 is 1.17 bits per heavy atom. The number of rotatable bonds is 5. The summed E-state index contributed by atoms with van der Waals surface area (Å²) in [6.07, 6.45) is -2.97. The summed E-state index contributed by atoms with van der Waals surface area (Å²) >= 11 is 0.760. The van der Waals surface area contributed by atoms with Gasteiger partial charge in [0.15, 0.2) is 5.17 Å². The average molecular weight is 448 g/mol. The zero-order chi connectivity index (χ0) is 22.0. The minimum atomic E-state index is -4.83. The number of hydrogen-bond acceptors (Lipinski definition) is 4. The van der Waals surface area contributed by atoms with Gasteiger partial charge in [0.05, 0.1) is 29.8 Å². The maximum absolute atomic E-state index is 14.1. The Bertz CT molecular complexity index is 932. The fourth-order valence-corrected chi connectivity index (χ4v) is 4.02. The molecular formula is C19H14F6N2O2S. The minimum absolute atomic E-state index is 0.0601. The molecule has 1 aromatic heterocycles. The van der Waals surface area contributed by atoms with Crippen molar-refractivity contribution in [2.24, 2.45) is 4.99 Å². The molecule has 2 heterocycles. The highest BCUT2D eigenvalue weighted by Gasteiger charge is 2.64. The van der Waals surface area contributed by atoms with E-state index in [2.05, 4.69) is 4.99 Å². The lowest BCUT2D eigenvalue weighted by atomic mass is 10.2. The maximum Gasteiger partial charge on any atom is 0.437 e. The molecule has 4 nitrogen and oxygen atoms in total. The lowest BCUT2D eigenvalue weighted by Crippen LogP contribution is -2.59. The van der Waals surface area contributed by atoms with E-state index in [4.69, 9.17) is 15.6 Å². The van der Waals surface area contributed by atoms with Crippen LogP contribution in [0.15, 0.2) is 52.1 Å². The van der Waals surface area contributed by atoms with Gasteiger partial charge in [-0.1, -0.05) is 17.7 Å². The Hall–Kier alpha value is -2.58. The Labute approximate surface area is 171 Å². The Balaban J connectivity index is 2.00. The van der Waals surface area contributed by atoms with Gasteiger partial charge in [0.25, 0.3) is 5.72 Å². The smallest absolute Gasteiger partial charge is 0.437 e. The van der Waals surface area contributed by atoms with E-state index >= 15 is 0 Å². The monoisotopic (exact) mass is 448 g/mol. The number of thioether (sulfide) groups is 1. The number of amidine groups is 1. The van der Waals surface area contributed by atoms with Crippen LogP contribution in [0.5, 0.6) is 0 Å². The van der Waals surface area contributed by atoms with Gasteiger partial charge in [-0.2, -0.15) is 26.3 Å². The molecule has 0 saturated carbocycles. The lowest BCUT2D eigenvalue weighted by molar-refractivity contribution is -0.305. The van der Waals surface area contributed by atoms with Crippen LogP contribution < -0.4 is 0 Å². The maximum atomic E-state index is 14.1. The number of terminal acetylenes is 1. The summed E-state index contributed by atoms with van der Waals surface area (Å²) in [4.78, 5) is 4.99. The normalized spacial score (nSPS) is 21.2. The first-order valence-corrected chi connectivity index (χ1v) is 9.38. The molecule has 1 saturated heterocycles. The molecule has 0 radical (unpaired) electrons. The highest BCUT2D eigenvalue weighted by Crippen LogP contribution is 2.47. The largest absolute Gasteiger partial charge is 0.467 e. The summed E-state index contributed by atoms with van der Waals surface area (Å²) in [5, 5.41) is -0.0829. The van der Waals surface area contributed by atoms with Crippen molar-refractivity contribution in [2.75, 3.05) is 12.4 Å². The predicted molar refractivity (Wildman–Crippen MR) is 98.8 cm³/mol. The number of nitrogens with zero attached hydrogens (tertiary/aromatic N) is 2. The molecule has 1 atom stereocenters. The summed E-state index contributed by atoms with van der Waals surface area (Å²) in [7, 11) is 0. The third kappa shape index (κ3) is 4.44. The molecule has 1 unspecified atom stereocenters. The van der Waals surface area contributed by atoms with Crippen molar-refractivity contribution in [1.82, 2.24) is 4.90 Å². The molecule has 1 aliphatic rings. The van der Waals surface area contributed by atoms with Crippen molar-refractivity contribution in [3.05, 3.63) is 54.0 Å². The van der Waals surface area contributed by atoms with Gasteiger partial charge in [-0.15, -0.1) is 6.42 Å². The van der Waals surface area contributed by atoms with Crippen LogP contribution in [0.1, 0.15) is 11.3 Å². The van der Waals surface area contributed by atoms with Crippen molar-refractivity contribution in [2.45, 2.75) is 24.6 Å². The standard InChI is InChI=1S/C19H14F6N2O2S/c1-2-9-29-17(19(23,24)25)12-30-16(27(17)11-15-4-3-10-28-15)26-14-7-5-13(6-8-14)18(20,21)22/h1,3-8,10H,9,11-12H2. The minimum Gasteiger partial charge on any atom is -0.467 e. The van der Waals surface area contributed by atoms with E-state index in [-0.39, 0.29) is 23.2 Å². The van der Waals surface area contributed by atoms with Gasteiger partial charge in [0, 0.05) is 0 Å². The van der Waals surface area contributed by atoms with Crippen molar-refractivity contribution in [3.63, 3.8) is 0 Å². The van der Waals surface area contributed by atoms with E-state index in [1.807, 2.05) is 5.92 Å². The molecule has 0 amide bonds. The van der Waals surface area contributed by atoms with Crippen LogP contribution in [0.4, 0.5) is 32.0 Å². The van der Waals surface area contributed by atoms with Crippen LogP contribution in [0.2, 0.25) is 0 Å². The Morgan fingerprint density at radius 3 is 2.40 bits per heavy atom. The molecular weight excluding hydrogens is 434 g/mol. The van der Waals surface area contributed by atoms with Crippen molar-refractivity contribution in [3.8, 4) is 12.3 Å². The molecule has 11 heteroatoms. The predicted octanol–water partition coefficient (Wildman–Crippen LogP) is 5.44. The fourth-order valence-electron chi connectivity index (χ4n) is 2.75. The molecule has 160 valence electrons. The number of hydrogen-bond donors (Lipinski definition) is 0. The highest BCUT2D eigenvalue weighted by atomic mass is 32.2. The van der Waals surface area contributed by atoms with Crippen LogP contribution in [0.25, 0.3) is 0 Å². The van der Waals surface area contributed by atoms with Crippen LogP contribution >= 0.6 is 11.8 Å². The first kappa shape index (κ1) is 22.1. The Morgan fingerprint density at radius 2 is 1.87 bits per heavy atom. The topological polar surface area (TPSA) is 38.0 Å². The molecule has 30 heavy (non-hydrogen) atoms. The molecule has 0 bridgehead atoms. The molecule has 1 fully saturated rings. The third-order valence-electron chi connectivity index (χ3n) is 4.21. The molecule has 3 rings (SSSR count). The Kier molecular flexibility index (Phi) is 6.10. The number of alkyl halides is 6. The zero-order valence-corrected chi connectivity index (χ0v) is 15.9. The van der Waals surface area contributed by atoms with Gasteiger partial charge in [0.1, 0.15) is 12.4 Å². The molecule has 0 spiro atoms. The quantitative estimate of drug-likeness (QED) is 0.451. The summed E-state index contributed by atoms with van der Waals surface area (Å²) in [5.74, 6) is 1.69. The van der Waals surface area contributed by atoms with E-state index in [1.54, 1.807) is 0 Å².